The molecule has 0 saturated carbocycles. The van der Waals surface area contributed by atoms with Crippen LogP contribution >= 0.6 is 0 Å². The molecule has 0 fully saturated rings. The molecular weight excluding hydrogens is 625 g/mol. The largest absolute Gasteiger partial charge is 0.0713 e. The van der Waals surface area contributed by atoms with E-state index in [9.17, 15) is 0 Å². The summed E-state index contributed by atoms with van der Waals surface area (Å²) in [4.78, 5) is 0. The van der Waals surface area contributed by atoms with Crippen LogP contribution in [0.4, 0.5) is 0 Å². The second kappa shape index (κ2) is 15.3. The first-order valence-corrected chi connectivity index (χ1v) is 18.3. The van der Waals surface area contributed by atoms with Crippen LogP contribution in [0.3, 0.4) is 0 Å². The Hall–Kier alpha value is -6.24. The summed E-state index contributed by atoms with van der Waals surface area (Å²) in [5.74, 6) is 0. The predicted molar refractivity (Wildman–Crippen MR) is 218 cm³/mol. The lowest BCUT2D eigenvalue weighted by Crippen LogP contribution is -2.28. The highest BCUT2D eigenvalue weighted by Crippen LogP contribution is 2.55. The number of fused-ring (bicyclic) bond motifs is 3. The molecule has 0 nitrogen and oxygen atoms in total. The SMILES string of the molecule is c1ccc(C2(c3ccccc3)c3ccccc3-c3ccccc32)cc1.c1ccc(Cc2cc(Cc3ccccc3)cc(Cc3ccccc3)c2)cc1. The van der Waals surface area contributed by atoms with Crippen molar-refractivity contribution in [2.24, 2.45) is 0 Å². The van der Waals surface area contributed by atoms with Crippen LogP contribution in [0.2, 0.25) is 0 Å². The van der Waals surface area contributed by atoms with Gasteiger partial charge in [0.05, 0.1) is 5.41 Å². The van der Waals surface area contributed by atoms with E-state index < -0.39 is 0 Å². The molecule has 0 saturated heterocycles. The van der Waals surface area contributed by atoms with Crippen LogP contribution in [0.25, 0.3) is 11.1 Å². The van der Waals surface area contributed by atoms with Crippen molar-refractivity contribution >= 4 is 0 Å². The van der Waals surface area contributed by atoms with Crippen molar-refractivity contribution in [1.82, 2.24) is 0 Å². The van der Waals surface area contributed by atoms with E-state index in [1.54, 1.807) is 0 Å². The highest BCUT2D eigenvalue weighted by atomic mass is 14.5. The average Bonchev–Trinajstić information content (AvgIpc) is 3.51. The van der Waals surface area contributed by atoms with E-state index in [1.165, 1.54) is 66.8 Å². The molecule has 9 rings (SSSR count). The molecule has 0 amide bonds. The molecule has 0 heterocycles. The molecule has 250 valence electrons. The molecule has 1 aliphatic carbocycles. The van der Waals surface area contributed by atoms with E-state index in [0.717, 1.165) is 19.3 Å². The number of hydrogen-bond donors (Lipinski definition) is 0. The summed E-state index contributed by atoms with van der Waals surface area (Å²) in [7, 11) is 0. The van der Waals surface area contributed by atoms with Gasteiger partial charge < -0.3 is 0 Å². The maximum atomic E-state index is 2.37. The van der Waals surface area contributed by atoms with Gasteiger partial charge in [0.15, 0.2) is 0 Å². The van der Waals surface area contributed by atoms with Crippen LogP contribution in [0.15, 0.2) is 218 Å². The van der Waals surface area contributed by atoms with Gasteiger partial charge in [0.25, 0.3) is 0 Å². The third-order valence-electron chi connectivity index (χ3n) is 10.2. The molecular formula is C52H42. The summed E-state index contributed by atoms with van der Waals surface area (Å²) in [6.07, 6.45) is 2.93. The number of benzene rings is 8. The van der Waals surface area contributed by atoms with Gasteiger partial charge >= 0.3 is 0 Å². The van der Waals surface area contributed by atoms with E-state index in [-0.39, 0.29) is 5.41 Å². The van der Waals surface area contributed by atoms with Crippen LogP contribution in [0, 0.1) is 0 Å². The zero-order chi connectivity index (χ0) is 35.0. The van der Waals surface area contributed by atoms with Crippen molar-refractivity contribution in [2.75, 3.05) is 0 Å². The Morgan fingerprint density at radius 1 is 0.250 bits per heavy atom. The smallest absolute Gasteiger partial charge is 0.0622 e. The van der Waals surface area contributed by atoms with E-state index in [1.807, 2.05) is 0 Å². The Labute approximate surface area is 308 Å². The van der Waals surface area contributed by atoms with Gasteiger partial charge in [-0.05, 0) is 86.0 Å². The summed E-state index contributed by atoms with van der Waals surface area (Å²) in [5.41, 5.74) is 16.0. The van der Waals surface area contributed by atoms with Crippen molar-refractivity contribution in [2.45, 2.75) is 24.7 Å². The molecule has 0 bridgehead atoms. The fourth-order valence-corrected chi connectivity index (χ4v) is 8.04. The molecule has 0 spiro atoms. The maximum absolute atomic E-state index is 2.37. The van der Waals surface area contributed by atoms with Gasteiger partial charge in [0.1, 0.15) is 0 Å². The molecule has 1 aliphatic rings. The summed E-state index contributed by atoms with van der Waals surface area (Å²) in [6, 6.07) is 78.8. The normalized spacial score (nSPS) is 12.2. The second-order valence-electron chi connectivity index (χ2n) is 13.7. The van der Waals surface area contributed by atoms with Crippen LogP contribution in [-0.4, -0.2) is 0 Å². The average molecular weight is 667 g/mol. The molecule has 0 N–H and O–H groups in total. The first-order valence-electron chi connectivity index (χ1n) is 18.3. The van der Waals surface area contributed by atoms with Crippen molar-refractivity contribution in [3.05, 3.63) is 274 Å². The van der Waals surface area contributed by atoms with Gasteiger partial charge in [-0.3, -0.25) is 0 Å². The Bertz CT molecular complexity index is 2110. The predicted octanol–water partition coefficient (Wildman–Crippen LogP) is 12.5. The van der Waals surface area contributed by atoms with E-state index in [2.05, 4.69) is 218 Å². The van der Waals surface area contributed by atoms with Crippen molar-refractivity contribution < 1.29 is 0 Å². The molecule has 0 aromatic heterocycles. The minimum absolute atomic E-state index is 0.254. The summed E-state index contributed by atoms with van der Waals surface area (Å²) < 4.78 is 0. The van der Waals surface area contributed by atoms with Gasteiger partial charge in [0, 0.05) is 0 Å². The summed E-state index contributed by atoms with van der Waals surface area (Å²) >= 11 is 0. The zero-order valence-electron chi connectivity index (χ0n) is 29.4. The summed E-state index contributed by atoms with van der Waals surface area (Å²) in [5, 5.41) is 0. The first-order chi connectivity index (χ1) is 25.8. The van der Waals surface area contributed by atoms with Gasteiger partial charge in [0.2, 0.25) is 0 Å². The fourth-order valence-electron chi connectivity index (χ4n) is 8.04. The summed E-state index contributed by atoms with van der Waals surface area (Å²) in [6.45, 7) is 0. The fraction of sp³-hybridized carbons (Fsp3) is 0.0769. The minimum Gasteiger partial charge on any atom is -0.0622 e. The molecule has 52 heavy (non-hydrogen) atoms. The molecule has 8 aromatic rings. The number of rotatable bonds is 8. The molecule has 0 aliphatic heterocycles. The third kappa shape index (κ3) is 6.89. The third-order valence-corrected chi connectivity index (χ3v) is 10.2. The van der Waals surface area contributed by atoms with E-state index >= 15 is 0 Å². The van der Waals surface area contributed by atoms with E-state index in [0.29, 0.717) is 0 Å². The monoisotopic (exact) mass is 666 g/mol. The van der Waals surface area contributed by atoms with Crippen LogP contribution in [-0.2, 0) is 24.7 Å². The highest BCUT2D eigenvalue weighted by Gasteiger charge is 2.45. The lowest BCUT2D eigenvalue weighted by molar-refractivity contribution is 0.768. The Morgan fingerprint density at radius 3 is 0.846 bits per heavy atom. The zero-order valence-corrected chi connectivity index (χ0v) is 29.4. The molecule has 8 aromatic carbocycles. The van der Waals surface area contributed by atoms with Crippen LogP contribution in [0.1, 0.15) is 55.6 Å². The maximum Gasteiger partial charge on any atom is 0.0713 e. The van der Waals surface area contributed by atoms with Crippen molar-refractivity contribution in [3.8, 4) is 11.1 Å². The minimum atomic E-state index is -0.254. The van der Waals surface area contributed by atoms with Crippen molar-refractivity contribution in [3.63, 3.8) is 0 Å². The lowest BCUT2D eigenvalue weighted by Gasteiger charge is -2.33. The Morgan fingerprint density at radius 2 is 0.519 bits per heavy atom. The molecule has 0 atom stereocenters. The van der Waals surface area contributed by atoms with Crippen LogP contribution in [0.5, 0.6) is 0 Å². The molecule has 0 heteroatoms. The quantitative estimate of drug-likeness (QED) is 0.151. The standard InChI is InChI=1S/C27H24.C25H18/c1-4-10-22(11-5-1)16-25-19-26(17-23-12-6-2-7-13-23)21-27(20-25)18-24-14-8-3-9-15-24;1-3-11-19(12-4-1)25(20-13-5-2-6-14-20)23-17-9-7-15-21(23)22-16-8-10-18-24(22)25/h1-15,19-21H,16-18H2;1-18H. The molecule has 0 radical (unpaired) electrons. The van der Waals surface area contributed by atoms with Crippen LogP contribution < -0.4 is 0 Å². The topological polar surface area (TPSA) is 0 Å². The Kier molecular flexibility index (Phi) is 9.71. The number of hydrogen-bond acceptors (Lipinski definition) is 0. The van der Waals surface area contributed by atoms with Crippen molar-refractivity contribution in [1.29, 1.82) is 0 Å². The first kappa shape index (κ1) is 32.9. The van der Waals surface area contributed by atoms with Gasteiger partial charge in [-0.2, -0.15) is 0 Å². The Balaban J connectivity index is 0.000000149. The second-order valence-corrected chi connectivity index (χ2v) is 13.7. The van der Waals surface area contributed by atoms with E-state index in [4.69, 9.17) is 0 Å². The molecule has 0 unspecified atom stereocenters. The highest BCUT2D eigenvalue weighted by molar-refractivity contribution is 5.86. The van der Waals surface area contributed by atoms with Gasteiger partial charge in [-0.25, -0.2) is 0 Å². The van der Waals surface area contributed by atoms with Gasteiger partial charge in [-0.1, -0.05) is 218 Å². The van der Waals surface area contributed by atoms with Gasteiger partial charge in [-0.15, -0.1) is 0 Å². The lowest BCUT2D eigenvalue weighted by atomic mass is 9.68.